The van der Waals surface area contributed by atoms with Crippen LogP contribution in [0.3, 0.4) is 0 Å². The fourth-order valence-corrected chi connectivity index (χ4v) is 3.18. The molecule has 1 aliphatic rings. The van der Waals surface area contributed by atoms with Crippen LogP contribution in [0.2, 0.25) is 0 Å². The summed E-state index contributed by atoms with van der Waals surface area (Å²) in [5.41, 5.74) is -0.280. The van der Waals surface area contributed by atoms with E-state index >= 15 is 0 Å². The molecule has 1 amide bonds. The number of aryl methyl sites for hydroxylation is 1. The minimum atomic E-state index is -4.46. The van der Waals surface area contributed by atoms with Crippen molar-refractivity contribution in [2.45, 2.75) is 33.0 Å². The first kappa shape index (κ1) is 21.8. The Kier molecular flexibility index (Phi) is 6.12. The molecule has 1 atom stereocenters. The molecule has 2 heterocycles. The van der Waals surface area contributed by atoms with Gasteiger partial charge in [-0.25, -0.2) is 4.79 Å². The van der Waals surface area contributed by atoms with Crippen LogP contribution in [-0.2, 0) is 10.9 Å². The Hall–Kier alpha value is -2.49. The van der Waals surface area contributed by atoms with Crippen molar-refractivity contribution in [3.05, 3.63) is 46.8 Å². The molecule has 0 unspecified atom stereocenters. The van der Waals surface area contributed by atoms with Crippen LogP contribution in [0.25, 0.3) is 0 Å². The first-order valence-electron chi connectivity index (χ1n) is 8.39. The van der Waals surface area contributed by atoms with Gasteiger partial charge < -0.3 is 9.64 Å². The first-order chi connectivity index (χ1) is 12.6. The third-order valence-electron chi connectivity index (χ3n) is 4.43. The molecule has 0 aliphatic carbocycles. The fraction of sp³-hybridized carbons (Fsp3) is 0.389. The van der Waals surface area contributed by atoms with Gasteiger partial charge in [0.2, 0.25) is 0 Å². The molecule has 0 spiro atoms. The number of ether oxygens (including phenoxy) is 1. The molecule has 152 valence electrons. The lowest BCUT2D eigenvalue weighted by Crippen LogP contribution is -2.43. The van der Waals surface area contributed by atoms with Crippen LogP contribution in [0.1, 0.15) is 51.9 Å². The predicted molar refractivity (Wildman–Crippen MR) is 101 cm³/mol. The molecule has 6 nitrogen and oxygen atoms in total. The number of rotatable bonds is 3. The monoisotopic (exact) mass is 415 g/mol. The van der Waals surface area contributed by atoms with Gasteiger partial charge in [-0.3, -0.25) is 9.48 Å². The van der Waals surface area contributed by atoms with Gasteiger partial charge in [-0.1, -0.05) is 0 Å². The van der Waals surface area contributed by atoms with Crippen molar-refractivity contribution in [3.8, 4) is 0 Å². The number of halogens is 3. The summed E-state index contributed by atoms with van der Waals surface area (Å²) in [6, 6.07) is 3.28. The summed E-state index contributed by atoms with van der Waals surface area (Å²) in [6.07, 6.45) is -3.18. The van der Waals surface area contributed by atoms with Crippen molar-refractivity contribution in [3.63, 3.8) is 0 Å². The van der Waals surface area contributed by atoms with Gasteiger partial charge in [0.25, 0.3) is 5.91 Å². The predicted octanol–water partition coefficient (Wildman–Crippen LogP) is 3.72. The number of hydrogen-bond donors (Lipinski definition) is 0. The third-order valence-corrected chi connectivity index (χ3v) is 4.43. The molecule has 2 aromatic rings. The lowest BCUT2D eigenvalue weighted by Gasteiger charge is -2.32. The van der Waals surface area contributed by atoms with E-state index in [9.17, 15) is 22.8 Å². The number of anilines is 1. The lowest BCUT2D eigenvalue weighted by atomic mass is 10.0. The smallest absolute Gasteiger partial charge is 0.416 e. The maximum absolute atomic E-state index is 13.0. The Morgan fingerprint density at radius 1 is 1.36 bits per heavy atom. The molecule has 1 aliphatic heterocycles. The zero-order valence-corrected chi connectivity index (χ0v) is 16.5. The van der Waals surface area contributed by atoms with E-state index in [-0.39, 0.29) is 49.5 Å². The number of alkyl halides is 3. The van der Waals surface area contributed by atoms with E-state index in [1.807, 2.05) is 6.92 Å². The van der Waals surface area contributed by atoms with Crippen LogP contribution in [0.15, 0.2) is 24.4 Å². The van der Waals surface area contributed by atoms with Gasteiger partial charge in [0.1, 0.15) is 11.3 Å². The Morgan fingerprint density at radius 3 is 2.61 bits per heavy atom. The number of aromatic nitrogens is 2. The Balaban J connectivity index is 0.00000280. The molecule has 1 aromatic carbocycles. The molecule has 0 saturated heterocycles. The Bertz CT molecular complexity index is 911. The van der Waals surface area contributed by atoms with Crippen LogP contribution < -0.4 is 4.90 Å². The molecule has 10 heteroatoms. The number of fused-ring (bicyclic) bond motifs is 1. The Labute approximate surface area is 166 Å². The maximum Gasteiger partial charge on any atom is 0.416 e. The number of benzene rings is 1. The van der Waals surface area contributed by atoms with Crippen molar-refractivity contribution < 1.29 is 27.5 Å². The third kappa shape index (κ3) is 3.73. The minimum Gasteiger partial charge on any atom is -0.462 e. The van der Waals surface area contributed by atoms with Crippen LogP contribution in [0.4, 0.5) is 18.9 Å². The van der Waals surface area contributed by atoms with Crippen molar-refractivity contribution >= 4 is 31.1 Å². The number of carbonyl (C=O) groups is 2. The summed E-state index contributed by atoms with van der Waals surface area (Å²) in [5, 5.41) is 4.10. The second kappa shape index (κ2) is 7.86. The van der Waals surface area contributed by atoms with Crippen molar-refractivity contribution in [2.24, 2.45) is 0 Å². The standard InChI is InChI=1S/C18H18F3N3O3.H2S/c1-4-27-17(26)13-8-22-24-11(3)9-23(16(25)15(13)24)12-5-6-14(10(2)7-12)18(19,20)21;/h5-8,11H,4,9H2,1-3H3;1H2/t11-;/m0./s1. The molecule has 1 aromatic heterocycles. The second-order valence-electron chi connectivity index (χ2n) is 6.33. The van der Waals surface area contributed by atoms with E-state index in [0.29, 0.717) is 5.69 Å². The van der Waals surface area contributed by atoms with E-state index in [4.69, 9.17) is 4.74 Å². The number of carbonyl (C=O) groups excluding carboxylic acids is 2. The summed E-state index contributed by atoms with van der Waals surface area (Å²) < 4.78 is 45.4. The normalized spacial score (nSPS) is 16.4. The average molecular weight is 415 g/mol. The zero-order valence-electron chi connectivity index (χ0n) is 15.5. The van der Waals surface area contributed by atoms with E-state index in [1.54, 1.807) is 6.92 Å². The summed E-state index contributed by atoms with van der Waals surface area (Å²) in [6.45, 7) is 5.17. The highest BCUT2D eigenvalue weighted by atomic mass is 32.1. The van der Waals surface area contributed by atoms with Crippen LogP contribution in [-0.4, -0.2) is 34.8 Å². The van der Waals surface area contributed by atoms with Gasteiger partial charge in [0.15, 0.2) is 0 Å². The van der Waals surface area contributed by atoms with Crippen molar-refractivity contribution in [1.29, 1.82) is 0 Å². The molecule has 0 saturated carbocycles. The molecule has 0 radical (unpaired) electrons. The SMILES string of the molecule is CCOC(=O)c1cnn2c1C(=O)N(c1ccc(C(F)(F)F)c(C)c1)C[C@@H]2C.S. The molecule has 0 bridgehead atoms. The number of esters is 1. The Morgan fingerprint density at radius 2 is 2.04 bits per heavy atom. The molecular formula is C18H20F3N3O3S. The number of nitrogens with zero attached hydrogens (tertiary/aromatic N) is 3. The van der Waals surface area contributed by atoms with Crippen LogP contribution in [0, 0.1) is 6.92 Å². The highest BCUT2D eigenvalue weighted by Crippen LogP contribution is 2.35. The summed E-state index contributed by atoms with van der Waals surface area (Å²) in [4.78, 5) is 26.5. The maximum atomic E-state index is 13.0. The quantitative estimate of drug-likeness (QED) is 0.717. The summed E-state index contributed by atoms with van der Waals surface area (Å²) >= 11 is 0. The van der Waals surface area contributed by atoms with Gasteiger partial charge in [-0.05, 0) is 44.5 Å². The number of hydrogen-bond acceptors (Lipinski definition) is 4. The first-order valence-corrected chi connectivity index (χ1v) is 8.39. The highest BCUT2D eigenvalue weighted by Gasteiger charge is 2.37. The fourth-order valence-electron chi connectivity index (χ4n) is 3.18. The van der Waals surface area contributed by atoms with Crippen molar-refractivity contribution in [2.75, 3.05) is 18.1 Å². The molecule has 28 heavy (non-hydrogen) atoms. The zero-order chi connectivity index (χ0) is 19.9. The second-order valence-corrected chi connectivity index (χ2v) is 6.33. The number of amides is 1. The van der Waals surface area contributed by atoms with Gasteiger partial charge in [0.05, 0.1) is 24.4 Å². The molecular weight excluding hydrogens is 395 g/mol. The van der Waals surface area contributed by atoms with E-state index in [2.05, 4.69) is 5.10 Å². The summed E-state index contributed by atoms with van der Waals surface area (Å²) in [5.74, 6) is -1.17. The highest BCUT2D eigenvalue weighted by molar-refractivity contribution is 7.59. The molecule has 3 rings (SSSR count). The average Bonchev–Trinajstić information content (AvgIpc) is 3.03. The van der Waals surface area contributed by atoms with Crippen molar-refractivity contribution in [1.82, 2.24) is 9.78 Å². The van der Waals surface area contributed by atoms with E-state index in [0.717, 1.165) is 6.07 Å². The molecule has 0 fully saturated rings. The van der Waals surface area contributed by atoms with Gasteiger partial charge in [-0.2, -0.15) is 31.8 Å². The van der Waals surface area contributed by atoms with E-state index in [1.165, 1.54) is 34.8 Å². The lowest BCUT2D eigenvalue weighted by molar-refractivity contribution is -0.138. The summed E-state index contributed by atoms with van der Waals surface area (Å²) in [7, 11) is 0. The topological polar surface area (TPSA) is 64.4 Å². The molecule has 0 N–H and O–H groups in total. The van der Waals surface area contributed by atoms with Gasteiger partial charge >= 0.3 is 12.1 Å². The largest absolute Gasteiger partial charge is 0.462 e. The minimum absolute atomic E-state index is 0. The van der Waals surface area contributed by atoms with Crippen LogP contribution in [0.5, 0.6) is 0 Å². The van der Waals surface area contributed by atoms with Crippen LogP contribution >= 0.6 is 13.5 Å². The van der Waals surface area contributed by atoms with Gasteiger partial charge in [0, 0.05) is 12.2 Å². The van der Waals surface area contributed by atoms with Gasteiger partial charge in [-0.15, -0.1) is 0 Å². The van der Waals surface area contributed by atoms with E-state index < -0.39 is 23.6 Å².